The van der Waals surface area contributed by atoms with Gasteiger partial charge < -0.3 is 5.32 Å². The fourth-order valence-electron chi connectivity index (χ4n) is 3.34. The fraction of sp³-hybridized carbons (Fsp3) is 0.318. The maximum absolute atomic E-state index is 12.8. The van der Waals surface area contributed by atoms with Gasteiger partial charge in [0.15, 0.2) is 5.78 Å². The van der Waals surface area contributed by atoms with E-state index < -0.39 is 0 Å². The van der Waals surface area contributed by atoms with Gasteiger partial charge in [0.1, 0.15) is 5.82 Å². The average Bonchev–Trinajstić information content (AvgIpc) is 3.50. The van der Waals surface area contributed by atoms with Crippen LogP contribution in [0.4, 0.5) is 5.69 Å². The molecular weight excluding hydrogens is 410 g/mol. The van der Waals surface area contributed by atoms with Crippen LogP contribution in [0.15, 0.2) is 35.3 Å². The number of aromatic amines is 1. The van der Waals surface area contributed by atoms with Crippen molar-refractivity contribution in [1.29, 1.82) is 5.26 Å². The van der Waals surface area contributed by atoms with Crippen LogP contribution in [0.1, 0.15) is 36.3 Å². The van der Waals surface area contributed by atoms with E-state index in [9.17, 15) is 19.6 Å². The molecule has 1 aliphatic rings. The van der Waals surface area contributed by atoms with Crippen molar-refractivity contribution >= 4 is 17.4 Å². The minimum absolute atomic E-state index is 0.0143. The monoisotopic (exact) mass is 431 g/mol. The van der Waals surface area contributed by atoms with Crippen molar-refractivity contribution in [3.63, 3.8) is 0 Å². The highest BCUT2D eigenvalue weighted by Crippen LogP contribution is 2.33. The predicted molar refractivity (Wildman–Crippen MR) is 114 cm³/mol. The normalized spacial score (nSPS) is 12.9. The first-order valence-electron chi connectivity index (χ1n) is 10.2. The Hall–Kier alpha value is -4.13. The third kappa shape index (κ3) is 4.78. The number of nitrogens with one attached hydrogen (secondary N) is 2. The van der Waals surface area contributed by atoms with Crippen molar-refractivity contribution in [2.24, 2.45) is 5.92 Å². The van der Waals surface area contributed by atoms with Gasteiger partial charge >= 0.3 is 0 Å². The molecule has 1 aromatic carbocycles. The Morgan fingerprint density at radius 2 is 2.12 bits per heavy atom. The lowest BCUT2D eigenvalue weighted by molar-refractivity contribution is -0.119. The van der Waals surface area contributed by atoms with E-state index in [1.807, 2.05) is 0 Å². The molecule has 1 aliphatic carbocycles. The van der Waals surface area contributed by atoms with E-state index in [1.54, 1.807) is 31.3 Å². The zero-order valence-electron chi connectivity index (χ0n) is 17.5. The Morgan fingerprint density at radius 3 is 2.78 bits per heavy atom. The van der Waals surface area contributed by atoms with E-state index in [-0.39, 0.29) is 36.1 Å². The summed E-state index contributed by atoms with van der Waals surface area (Å²) in [5, 5.41) is 22.2. The van der Waals surface area contributed by atoms with Gasteiger partial charge in [-0.3, -0.25) is 19.0 Å². The predicted octanol–water partition coefficient (Wildman–Crippen LogP) is 1.76. The number of anilines is 1. The second kappa shape index (κ2) is 8.93. The summed E-state index contributed by atoms with van der Waals surface area (Å²) in [7, 11) is 0. The molecule has 0 spiro atoms. The quantitative estimate of drug-likeness (QED) is 0.552. The Balaban J connectivity index is 1.57. The van der Waals surface area contributed by atoms with Crippen LogP contribution in [-0.2, 0) is 22.6 Å². The van der Waals surface area contributed by atoms with Gasteiger partial charge in [0.25, 0.3) is 5.56 Å². The Bertz CT molecular complexity index is 1270. The van der Waals surface area contributed by atoms with E-state index in [0.717, 1.165) is 12.8 Å². The van der Waals surface area contributed by atoms with Crippen molar-refractivity contribution in [1.82, 2.24) is 25.0 Å². The highest BCUT2D eigenvalue weighted by Gasteiger charge is 2.30. The van der Waals surface area contributed by atoms with Gasteiger partial charge in [-0.1, -0.05) is 0 Å². The van der Waals surface area contributed by atoms with Crippen LogP contribution in [0.2, 0.25) is 0 Å². The van der Waals surface area contributed by atoms with Crippen molar-refractivity contribution in [3.05, 3.63) is 57.9 Å². The molecule has 1 saturated carbocycles. The summed E-state index contributed by atoms with van der Waals surface area (Å²) < 4.78 is 1.32. The van der Waals surface area contributed by atoms with Gasteiger partial charge in [-0.15, -0.1) is 0 Å². The smallest absolute Gasteiger partial charge is 0.254 e. The van der Waals surface area contributed by atoms with E-state index in [4.69, 9.17) is 0 Å². The standard InChI is InChI=1S/C22H21N7O3/c1-13-25-20(9-21(31)29(13)12-17(30)6-5-16-11-24-28-27-16)18-7-2-14(10-23)8-19(18)26-22(32)15-3-4-15/h2,7-9,11,15H,3-6,12H2,1H3,(H,26,32)(H,24,27,28). The third-order valence-electron chi connectivity index (χ3n) is 5.29. The lowest BCUT2D eigenvalue weighted by atomic mass is 10.1. The van der Waals surface area contributed by atoms with E-state index in [0.29, 0.717) is 40.4 Å². The first-order chi connectivity index (χ1) is 15.4. The summed E-state index contributed by atoms with van der Waals surface area (Å²) in [4.78, 5) is 41.9. The number of H-pyrrole nitrogens is 1. The lowest BCUT2D eigenvalue weighted by Gasteiger charge is -2.14. The van der Waals surface area contributed by atoms with Gasteiger partial charge in [0, 0.05) is 30.4 Å². The molecule has 0 atom stereocenters. The Morgan fingerprint density at radius 1 is 1.31 bits per heavy atom. The second-order valence-corrected chi connectivity index (χ2v) is 7.75. The molecule has 1 fully saturated rings. The maximum atomic E-state index is 12.8. The molecule has 2 N–H and O–H groups in total. The molecule has 3 aromatic rings. The highest BCUT2D eigenvalue weighted by atomic mass is 16.2. The first-order valence-corrected chi connectivity index (χ1v) is 10.2. The average molecular weight is 431 g/mol. The van der Waals surface area contributed by atoms with Crippen LogP contribution >= 0.6 is 0 Å². The van der Waals surface area contributed by atoms with E-state index >= 15 is 0 Å². The number of hydrogen-bond acceptors (Lipinski definition) is 7. The van der Waals surface area contributed by atoms with E-state index in [1.165, 1.54) is 10.6 Å². The van der Waals surface area contributed by atoms with Crippen molar-refractivity contribution in [2.45, 2.75) is 39.2 Å². The van der Waals surface area contributed by atoms with Gasteiger partial charge in [-0.25, -0.2) is 4.98 Å². The summed E-state index contributed by atoms with van der Waals surface area (Å²) in [6.45, 7) is 1.57. The molecule has 10 heteroatoms. The van der Waals surface area contributed by atoms with Crippen LogP contribution in [0.5, 0.6) is 0 Å². The van der Waals surface area contributed by atoms with Crippen LogP contribution in [0.25, 0.3) is 11.3 Å². The molecule has 0 bridgehead atoms. The Labute approximate surface area is 183 Å². The SMILES string of the molecule is Cc1nc(-c2ccc(C#N)cc2NC(=O)C2CC2)cc(=O)n1CC(=O)CCc1cn[nH]n1. The number of hydrogen-bond donors (Lipinski definition) is 2. The number of nitriles is 1. The molecule has 0 saturated heterocycles. The van der Waals surface area contributed by atoms with Crippen molar-refractivity contribution in [3.8, 4) is 17.3 Å². The summed E-state index contributed by atoms with van der Waals surface area (Å²) in [5.74, 6) is 0.137. The molecule has 162 valence electrons. The fourth-order valence-corrected chi connectivity index (χ4v) is 3.34. The summed E-state index contributed by atoms with van der Waals surface area (Å²) in [6, 6.07) is 8.24. The third-order valence-corrected chi connectivity index (χ3v) is 5.29. The molecule has 32 heavy (non-hydrogen) atoms. The van der Waals surface area contributed by atoms with E-state index in [2.05, 4.69) is 31.8 Å². The van der Waals surface area contributed by atoms with Gasteiger partial charge in [-0.05, 0) is 38.0 Å². The van der Waals surface area contributed by atoms with Crippen molar-refractivity contribution in [2.75, 3.05) is 5.32 Å². The number of aryl methyl sites for hydroxylation is 2. The first kappa shape index (κ1) is 21.1. The molecule has 1 amide bonds. The number of carbonyl (C=O) groups is 2. The molecule has 0 unspecified atom stereocenters. The molecular formula is C22H21N7O3. The largest absolute Gasteiger partial charge is 0.325 e. The number of rotatable bonds is 8. The molecule has 2 heterocycles. The van der Waals surface area contributed by atoms with Crippen LogP contribution in [0.3, 0.4) is 0 Å². The highest BCUT2D eigenvalue weighted by molar-refractivity contribution is 5.97. The number of ketones is 1. The summed E-state index contributed by atoms with van der Waals surface area (Å²) >= 11 is 0. The molecule has 10 nitrogen and oxygen atoms in total. The maximum Gasteiger partial charge on any atom is 0.254 e. The zero-order valence-corrected chi connectivity index (χ0v) is 17.5. The second-order valence-electron chi connectivity index (χ2n) is 7.75. The lowest BCUT2D eigenvalue weighted by Crippen LogP contribution is -2.27. The number of aromatic nitrogens is 5. The van der Waals surface area contributed by atoms with Gasteiger partial charge in [0.2, 0.25) is 5.91 Å². The topological polar surface area (TPSA) is 146 Å². The number of carbonyl (C=O) groups excluding carboxylic acids is 2. The zero-order chi connectivity index (χ0) is 22.7. The molecule has 0 aliphatic heterocycles. The van der Waals surface area contributed by atoms with Crippen LogP contribution in [-0.4, -0.2) is 36.7 Å². The molecule has 4 rings (SSSR count). The van der Waals surface area contributed by atoms with Crippen LogP contribution in [0, 0.1) is 24.2 Å². The van der Waals surface area contributed by atoms with Crippen LogP contribution < -0.4 is 10.9 Å². The molecule has 0 radical (unpaired) electrons. The minimum atomic E-state index is -0.369. The number of benzene rings is 1. The summed E-state index contributed by atoms with van der Waals surface area (Å²) in [5.41, 5.74) is 2.05. The minimum Gasteiger partial charge on any atom is -0.325 e. The Kier molecular flexibility index (Phi) is 5.89. The van der Waals surface area contributed by atoms with Crippen molar-refractivity contribution < 1.29 is 9.59 Å². The number of amides is 1. The van der Waals surface area contributed by atoms with Gasteiger partial charge in [-0.2, -0.15) is 20.7 Å². The number of Topliss-reactive ketones (excluding diaryl/α,β-unsaturated/α-hetero) is 1. The van der Waals surface area contributed by atoms with Gasteiger partial charge in [0.05, 0.1) is 41.4 Å². The summed E-state index contributed by atoms with van der Waals surface area (Å²) in [6.07, 6.45) is 3.91. The number of nitrogens with zero attached hydrogens (tertiary/aromatic N) is 5. The molecule has 2 aromatic heterocycles.